The molecule has 0 atom stereocenters. The van der Waals surface area contributed by atoms with Gasteiger partial charge in [0, 0.05) is 11.3 Å². The summed E-state index contributed by atoms with van der Waals surface area (Å²) in [6.07, 6.45) is -3.11. The fourth-order valence-corrected chi connectivity index (χ4v) is 4.09. The van der Waals surface area contributed by atoms with Gasteiger partial charge in [-0.3, -0.25) is 4.79 Å². The van der Waals surface area contributed by atoms with Crippen LogP contribution in [0.2, 0.25) is 5.02 Å². The summed E-state index contributed by atoms with van der Waals surface area (Å²) in [5, 5.41) is 14.0. The van der Waals surface area contributed by atoms with Gasteiger partial charge in [-0.2, -0.15) is 18.3 Å². The van der Waals surface area contributed by atoms with Crippen LogP contribution in [-0.2, 0) is 17.6 Å². The zero-order valence-electron chi connectivity index (χ0n) is 20.0. The lowest BCUT2D eigenvalue weighted by Gasteiger charge is -2.11. The Morgan fingerprint density at radius 2 is 1.85 bits per heavy atom. The number of thioether (sulfide) groups is 1. The van der Waals surface area contributed by atoms with Gasteiger partial charge in [0.05, 0.1) is 22.6 Å². The van der Waals surface area contributed by atoms with Crippen LogP contribution in [0, 0.1) is 0 Å². The molecule has 0 fully saturated rings. The van der Waals surface area contributed by atoms with E-state index in [0.717, 1.165) is 34.1 Å². The van der Waals surface area contributed by atoms with Gasteiger partial charge in [0.2, 0.25) is 11.1 Å². The van der Waals surface area contributed by atoms with Crippen LogP contribution in [0.25, 0.3) is 0 Å². The zero-order valence-corrected chi connectivity index (χ0v) is 21.6. The van der Waals surface area contributed by atoms with Gasteiger partial charge in [-0.25, -0.2) is 10.1 Å². The fourth-order valence-electron chi connectivity index (χ4n) is 3.21. The van der Waals surface area contributed by atoms with Crippen molar-refractivity contribution in [2.45, 2.75) is 17.9 Å². The summed E-state index contributed by atoms with van der Waals surface area (Å²) >= 11 is 6.54. The number of rotatable bonds is 10. The van der Waals surface area contributed by atoms with Crippen LogP contribution in [0.3, 0.4) is 0 Å². The minimum atomic E-state index is -4.65. The number of hydrogen-bond donors (Lipinski definition) is 3. The molecule has 3 aromatic carbocycles. The SMILES string of the molecule is Nn1c(N/N=C/c2ccccc2OCc2ccccc2)nnc1SCC(=O)Nc1ccc(Cl)c(C(F)(F)F)c1. The molecule has 4 rings (SSSR count). The number of para-hydroxylation sites is 1. The zero-order chi connectivity index (χ0) is 27.8. The number of ether oxygens (including phenoxy) is 1. The summed E-state index contributed by atoms with van der Waals surface area (Å²) in [6, 6.07) is 20.2. The number of nitrogens with two attached hydrogens (primary N) is 1. The van der Waals surface area contributed by atoms with E-state index >= 15 is 0 Å². The molecule has 1 heterocycles. The second-order valence-corrected chi connectivity index (χ2v) is 9.24. The highest BCUT2D eigenvalue weighted by Gasteiger charge is 2.33. The number of hydrazone groups is 1. The lowest BCUT2D eigenvalue weighted by Crippen LogP contribution is -2.17. The fraction of sp³-hybridized carbons (Fsp3) is 0.120. The Balaban J connectivity index is 1.31. The van der Waals surface area contributed by atoms with Gasteiger partial charge in [-0.05, 0) is 35.9 Å². The molecule has 1 aromatic heterocycles. The molecule has 0 radical (unpaired) electrons. The smallest absolute Gasteiger partial charge is 0.417 e. The monoisotopic (exact) mass is 575 g/mol. The van der Waals surface area contributed by atoms with Crippen molar-refractivity contribution in [3.63, 3.8) is 0 Å². The number of carbonyl (C=O) groups excluding carboxylic acids is 1. The summed E-state index contributed by atoms with van der Waals surface area (Å²) in [6.45, 7) is 0.395. The Morgan fingerprint density at radius 3 is 2.62 bits per heavy atom. The van der Waals surface area contributed by atoms with E-state index in [1.807, 2.05) is 54.6 Å². The second-order valence-electron chi connectivity index (χ2n) is 7.89. The molecule has 0 unspecified atom stereocenters. The number of anilines is 2. The van der Waals surface area contributed by atoms with Crippen LogP contribution < -0.4 is 21.3 Å². The molecule has 39 heavy (non-hydrogen) atoms. The van der Waals surface area contributed by atoms with Crippen molar-refractivity contribution >= 4 is 47.1 Å². The number of amides is 1. The molecule has 0 aliphatic carbocycles. The number of nitrogens with one attached hydrogen (secondary N) is 2. The minimum absolute atomic E-state index is 0.0451. The van der Waals surface area contributed by atoms with Crippen molar-refractivity contribution in [1.29, 1.82) is 0 Å². The molecule has 0 saturated heterocycles. The molecule has 14 heteroatoms. The Labute approximate surface area is 230 Å². The third kappa shape index (κ3) is 7.65. The molecule has 0 saturated carbocycles. The number of benzene rings is 3. The lowest BCUT2D eigenvalue weighted by molar-refractivity contribution is -0.137. The maximum absolute atomic E-state index is 13.0. The average Bonchev–Trinajstić information content (AvgIpc) is 3.27. The highest BCUT2D eigenvalue weighted by atomic mass is 35.5. The van der Waals surface area contributed by atoms with Crippen LogP contribution in [-0.4, -0.2) is 32.7 Å². The number of carbonyl (C=O) groups is 1. The summed E-state index contributed by atoms with van der Waals surface area (Å²) < 4.78 is 46.1. The van der Waals surface area contributed by atoms with E-state index in [-0.39, 0.29) is 22.5 Å². The molecule has 9 nitrogen and oxygen atoms in total. The van der Waals surface area contributed by atoms with Crippen LogP contribution in [0.1, 0.15) is 16.7 Å². The van der Waals surface area contributed by atoms with Crippen molar-refractivity contribution in [3.05, 3.63) is 94.5 Å². The summed E-state index contributed by atoms with van der Waals surface area (Å²) in [4.78, 5) is 12.3. The van der Waals surface area contributed by atoms with E-state index in [2.05, 4.69) is 26.0 Å². The molecule has 0 aliphatic rings. The Bertz CT molecular complexity index is 1470. The van der Waals surface area contributed by atoms with Crippen molar-refractivity contribution in [2.24, 2.45) is 5.10 Å². The summed E-state index contributed by atoms with van der Waals surface area (Å²) in [5.74, 6) is 5.96. The van der Waals surface area contributed by atoms with E-state index in [0.29, 0.717) is 17.9 Å². The molecule has 202 valence electrons. The van der Waals surface area contributed by atoms with Gasteiger partial charge in [0.15, 0.2) is 0 Å². The number of aromatic nitrogens is 3. The first-order valence-electron chi connectivity index (χ1n) is 11.3. The molecular formula is C25H21ClF3N7O2S. The predicted octanol–water partition coefficient (Wildman–Crippen LogP) is 5.42. The number of alkyl halides is 3. The normalized spacial score (nSPS) is 11.5. The second kappa shape index (κ2) is 12.5. The van der Waals surface area contributed by atoms with Gasteiger partial charge in [0.25, 0.3) is 5.95 Å². The third-order valence-electron chi connectivity index (χ3n) is 5.08. The average molecular weight is 576 g/mol. The van der Waals surface area contributed by atoms with Crippen LogP contribution in [0.4, 0.5) is 24.8 Å². The first kappa shape index (κ1) is 27.8. The lowest BCUT2D eigenvalue weighted by atomic mass is 10.2. The largest absolute Gasteiger partial charge is 0.488 e. The van der Waals surface area contributed by atoms with E-state index in [1.165, 1.54) is 12.3 Å². The first-order chi connectivity index (χ1) is 18.7. The molecule has 0 spiro atoms. The topological polar surface area (TPSA) is 119 Å². The van der Waals surface area contributed by atoms with Gasteiger partial charge in [-0.15, -0.1) is 10.2 Å². The highest BCUT2D eigenvalue weighted by molar-refractivity contribution is 7.99. The number of halogens is 4. The highest BCUT2D eigenvalue weighted by Crippen LogP contribution is 2.36. The van der Waals surface area contributed by atoms with E-state index in [1.54, 1.807) is 0 Å². The third-order valence-corrected chi connectivity index (χ3v) is 6.35. The van der Waals surface area contributed by atoms with Crippen molar-refractivity contribution in [3.8, 4) is 5.75 Å². The first-order valence-corrected chi connectivity index (χ1v) is 12.6. The summed E-state index contributed by atoms with van der Waals surface area (Å²) in [5.41, 5.74) is 3.33. The summed E-state index contributed by atoms with van der Waals surface area (Å²) in [7, 11) is 0. The van der Waals surface area contributed by atoms with Crippen molar-refractivity contribution in [1.82, 2.24) is 14.9 Å². The molecule has 4 aromatic rings. The van der Waals surface area contributed by atoms with E-state index in [4.69, 9.17) is 22.2 Å². The van der Waals surface area contributed by atoms with Gasteiger partial charge >= 0.3 is 6.18 Å². The maximum Gasteiger partial charge on any atom is 0.417 e. The van der Waals surface area contributed by atoms with Gasteiger partial charge in [-0.1, -0.05) is 65.8 Å². The minimum Gasteiger partial charge on any atom is -0.488 e. The number of nitrogens with zero attached hydrogens (tertiary/aromatic N) is 4. The van der Waals surface area contributed by atoms with Crippen molar-refractivity contribution in [2.75, 3.05) is 22.3 Å². The quantitative estimate of drug-likeness (QED) is 0.0999. The molecule has 0 bridgehead atoms. The van der Waals surface area contributed by atoms with Gasteiger partial charge in [0.1, 0.15) is 12.4 Å². The molecular weight excluding hydrogens is 555 g/mol. The molecule has 4 N–H and O–H groups in total. The Hall–Kier alpha value is -4.23. The van der Waals surface area contributed by atoms with Gasteiger partial charge < -0.3 is 15.9 Å². The maximum atomic E-state index is 13.0. The molecule has 1 amide bonds. The number of hydrogen-bond acceptors (Lipinski definition) is 8. The van der Waals surface area contributed by atoms with Crippen LogP contribution in [0.15, 0.2) is 83.1 Å². The number of nitrogen functional groups attached to an aromatic ring is 1. The van der Waals surface area contributed by atoms with Crippen LogP contribution in [0.5, 0.6) is 5.75 Å². The Morgan fingerprint density at radius 1 is 1.10 bits per heavy atom. The van der Waals surface area contributed by atoms with E-state index in [9.17, 15) is 18.0 Å². The van der Waals surface area contributed by atoms with Crippen molar-refractivity contribution < 1.29 is 22.7 Å². The van der Waals surface area contributed by atoms with E-state index < -0.39 is 22.7 Å². The predicted molar refractivity (Wildman–Crippen MR) is 144 cm³/mol. The van der Waals surface area contributed by atoms with Crippen LogP contribution >= 0.6 is 23.4 Å². The standard InChI is InChI=1S/C25H21ClF3N7O2S/c26-20-11-10-18(12-19(20)25(27,28)29)32-22(37)15-39-24-35-34-23(36(24)30)33-31-13-17-8-4-5-9-21(17)38-14-16-6-2-1-3-7-16/h1-13H,14-15,30H2,(H,32,37)(H,33,34)/b31-13+. The molecule has 0 aliphatic heterocycles. The Kier molecular flexibility index (Phi) is 8.94.